The predicted octanol–water partition coefficient (Wildman–Crippen LogP) is 8.58. The van der Waals surface area contributed by atoms with Crippen molar-refractivity contribution in [3.05, 3.63) is 154 Å². The number of phenols is 1. The molecule has 1 unspecified atom stereocenters. The van der Waals surface area contributed by atoms with E-state index in [0.29, 0.717) is 66.9 Å². The van der Waals surface area contributed by atoms with Gasteiger partial charge in [0.15, 0.2) is 17.1 Å². The van der Waals surface area contributed by atoms with Gasteiger partial charge in [-0.3, -0.25) is 14.4 Å². The predicted molar refractivity (Wildman–Crippen MR) is 291 cm³/mol. The molecule has 0 radical (unpaired) electrons. The van der Waals surface area contributed by atoms with Gasteiger partial charge in [-0.15, -0.1) is 0 Å². The molecule has 19 nitrogen and oxygen atoms in total. The number of aromatic nitrogens is 3. The number of nitrogens with zero attached hydrogens (tertiary/aromatic N) is 2. The van der Waals surface area contributed by atoms with E-state index in [1.165, 1.54) is 30.3 Å². The molecule has 1 saturated carbocycles. The van der Waals surface area contributed by atoms with Crippen molar-refractivity contribution in [1.29, 1.82) is 0 Å². The van der Waals surface area contributed by atoms with Crippen LogP contribution in [0.4, 0.5) is 5.69 Å². The van der Waals surface area contributed by atoms with Gasteiger partial charge in [0.1, 0.15) is 34.7 Å². The van der Waals surface area contributed by atoms with Crippen LogP contribution in [0.15, 0.2) is 131 Å². The smallest absolute Gasteiger partial charge is 0.341 e. The number of aromatic carboxylic acids is 1. The van der Waals surface area contributed by atoms with Crippen LogP contribution in [0.3, 0.4) is 0 Å². The van der Waals surface area contributed by atoms with Crippen LogP contribution in [0.1, 0.15) is 74.8 Å². The highest BCUT2D eigenvalue weighted by Gasteiger charge is 2.27. The number of nitrogens with one attached hydrogen (secondary N) is 5. The van der Waals surface area contributed by atoms with Gasteiger partial charge in [-0.2, -0.15) is 0 Å². The maximum Gasteiger partial charge on any atom is 0.341 e. The average molecular weight is 1060 g/mol. The summed E-state index contributed by atoms with van der Waals surface area (Å²) in [7, 11) is 0. The summed E-state index contributed by atoms with van der Waals surface area (Å²) in [5.74, 6) is -3.37. The topological polar surface area (TPSA) is 287 Å². The number of carbonyl (C=O) groups excluding carboxylic acids is 2. The zero-order chi connectivity index (χ0) is 53.9. The number of thiocarbonyl (C=S) groups is 1. The summed E-state index contributed by atoms with van der Waals surface area (Å²) in [6.45, 7) is -0.110. The van der Waals surface area contributed by atoms with Gasteiger partial charge in [-0.1, -0.05) is 37.5 Å². The van der Waals surface area contributed by atoms with Crippen LogP contribution in [-0.4, -0.2) is 95.5 Å². The van der Waals surface area contributed by atoms with Gasteiger partial charge >= 0.3 is 17.9 Å². The SMILES string of the molecule is O=C(O)COc1ccc2[nH]cc(CC(NC(=O)c3ccc4c(c3)nc(-c3ccc(C(=O)NCCNC(=S)Nc5ccc(-c6c7ccc(=O)cc-7oc7cc(O)ccc67)c(C(=O)O)c5)cc3)n4C3CCCCC3)C(=O)O)c2c1. The number of carboxylic acid groups (broad SMARTS) is 3. The van der Waals surface area contributed by atoms with Crippen LogP contribution in [0.25, 0.3) is 66.7 Å². The normalized spacial score (nSPS) is 13.1. The van der Waals surface area contributed by atoms with Crippen LogP contribution in [-0.2, 0) is 16.0 Å². The number of carboxylic acids is 3. The number of amides is 2. The number of rotatable bonds is 17. The monoisotopic (exact) mass is 1060 g/mol. The molecule has 1 atom stereocenters. The molecule has 1 fully saturated rings. The van der Waals surface area contributed by atoms with Crippen molar-refractivity contribution in [3.63, 3.8) is 0 Å². The van der Waals surface area contributed by atoms with Gasteiger partial charge < -0.3 is 60.4 Å². The second-order valence-electron chi connectivity index (χ2n) is 18.7. The summed E-state index contributed by atoms with van der Waals surface area (Å²) >= 11 is 5.52. The molecule has 1 aliphatic heterocycles. The van der Waals surface area contributed by atoms with E-state index < -0.39 is 36.5 Å². The van der Waals surface area contributed by atoms with Gasteiger partial charge in [0.25, 0.3) is 11.8 Å². The lowest BCUT2D eigenvalue weighted by Gasteiger charge is -2.25. The molecule has 390 valence electrons. The molecule has 0 saturated heterocycles. The first-order valence-corrected chi connectivity index (χ1v) is 25.1. The number of aromatic hydroxyl groups is 1. The highest BCUT2D eigenvalue weighted by molar-refractivity contribution is 7.80. The lowest BCUT2D eigenvalue weighted by Crippen LogP contribution is -2.42. The van der Waals surface area contributed by atoms with Crippen molar-refractivity contribution >= 4 is 85.6 Å². The first-order valence-electron chi connectivity index (χ1n) is 24.7. The van der Waals surface area contributed by atoms with Crippen molar-refractivity contribution < 1.29 is 53.6 Å². The maximum atomic E-state index is 13.7. The Morgan fingerprint density at radius 2 is 1.56 bits per heavy atom. The second-order valence-corrected chi connectivity index (χ2v) is 19.1. The fourth-order valence-electron chi connectivity index (χ4n) is 9.94. The fraction of sp³-hybridized carbons (Fsp3) is 0.193. The summed E-state index contributed by atoms with van der Waals surface area (Å²) in [6, 6.07) is 29.5. The Hall–Kier alpha value is -9.56. The summed E-state index contributed by atoms with van der Waals surface area (Å²) in [5, 5.41) is 52.7. The van der Waals surface area contributed by atoms with Crippen molar-refractivity contribution in [3.8, 4) is 45.3 Å². The number of phenolic OH excluding ortho intramolecular Hbond substituents is 1. The fourth-order valence-corrected chi connectivity index (χ4v) is 10.2. The standard InChI is InChI=1S/C57H49N7O12S/c65-36-12-16-40-48(25-36)76-49-26-37(66)13-17-41(49)51(40)39-15-11-34(24-43(39)55(71)72)61-57(77)59-21-20-58-53(69)31-8-6-30(7-9-31)52-62-45-22-32(10-19-47(45)64(52)35-4-2-1-3-5-35)54(70)63-46(56(73)74)23-33-28-60-44-18-14-38(27-42(33)44)75-29-50(67)68/h6-19,22,24-28,35,46,60,65H,1-5,20-21,23,29H2,(H,58,69)(H,63,70)(H,67,68)(H,71,72)(H,73,74)(H2,59,61,77). The number of imidazole rings is 1. The lowest BCUT2D eigenvalue weighted by atomic mass is 9.90. The molecule has 3 heterocycles. The van der Waals surface area contributed by atoms with Crippen molar-refractivity contribution in [1.82, 2.24) is 30.5 Å². The van der Waals surface area contributed by atoms with Crippen molar-refractivity contribution in [2.24, 2.45) is 0 Å². The van der Waals surface area contributed by atoms with Gasteiger partial charge in [-0.25, -0.2) is 19.4 Å². The number of benzene rings is 6. The molecule has 2 aliphatic carbocycles. The van der Waals surface area contributed by atoms with Crippen LogP contribution in [0.2, 0.25) is 0 Å². The Morgan fingerprint density at radius 3 is 2.32 bits per heavy atom. The summed E-state index contributed by atoms with van der Waals surface area (Å²) in [6.07, 6.45) is 6.67. The number of hydrogen-bond donors (Lipinski definition) is 9. The Bertz CT molecular complexity index is 3840. The molecule has 0 bridgehead atoms. The molecule has 3 aliphatic rings. The molecule has 2 aromatic heterocycles. The largest absolute Gasteiger partial charge is 0.508 e. The third-order valence-corrected chi connectivity index (χ3v) is 13.8. The number of hydrogen-bond acceptors (Lipinski definition) is 11. The second kappa shape index (κ2) is 21.7. The lowest BCUT2D eigenvalue weighted by molar-refractivity contribution is -0.140. The Morgan fingerprint density at radius 1 is 0.792 bits per heavy atom. The number of aromatic amines is 1. The molecule has 7 aromatic rings. The minimum Gasteiger partial charge on any atom is -0.508 e. The average Bonchev–Trinajstić information content (AvgIpc) is 4.05. The van der Waals surface area contributed by atoms with Gasteiger partial charge in [-0.05, 0) is 121 Å². The van der Waals surface area contributed by atoms with Gasteiger partial charge in [0.2, 0.25) is 0 Å². The third-order valence-electron chi connectivity index (χ3n) is 13.6. The summed E-state index contributed by atoms with van der Waals surface area (Å²) in [5.41, 5.74) is 5.70. The molecule has 0 spiro atoms. The summed E-state index contributed by atoms with van der Waals surface area (Å²) in [4.78, 5) is 83.7. The van der Waals surface area contributed by atoms with E-state index >= 15 is 0 Å². The molecular formula is C57H49N7O12S. The minimum absolute atomic E-state index is 0.0531. The zero-order valence-corrected chi connectivity index (χ0v) is 41.7. The molecule has 9 N–H and O–H groups in total. The molecule has 77 heavy (non-hydrogen) atoms. The van der Waals surface area contributed by atoms with E-state index in [4.69, 9.17) is 31.5 Å². The molecule has 20 heteroatoms. The first kappa shape index (κ1) is 50.9. The van der Waals surface area contributed by atoms with Gasteiger partial charge in [0, 0.05) is 93.7 Å². The van der Waals surface area contributed by atoms with Crippen LogP contribution in [0.5, 0.6) is 11.5 Å². The van der Waals surface area contributed by atoms with E-state index in [2.05, 4.69) is 30.8 Å². The zero-order valence-electron chi connectivity index (χ0n) is 40.9. The highest BCUT2D eigenvalue weighted by Crippen LogP contribution is 2.43. The Kier molecular flexibility index (Phi) is 14.4. The van der Waals surface area contributed by atoms with Crippen molar-refractivity contribution in [2.45, 2.75) is 50.6 Å². The number of H-pyrrole nitrogens is 1. The van der Waals surface area contributed by atoms with E-state index in [9.17, 15) is 44.1 Å². The molecule has 10 rings (SSSR count). The van der Waals surface area contributed by atoms with Crippen LogP contribution < -0.4 is 31.4 Å². The number of fused-ring (bicyclic) bond motifs is 4. The van der Waals surface area contributed by atoms with E-state index in [-0.39, 0.29) is 70.2 Å². The third kappa shape index (κ3) is 11.0. The highest BCUT2D eigenvalue weighted by atomic mass is 32.1. The summed E-state index contributed by atoms with van der Waals surface area (Å²) < 4.78 is 13.4. The van der Waals surface area contributed by atoms with Crippen molar-refractivity contribution in [2.75, 3.05) is 25.0 Å². The minimum atomic E-state index is -1.30. The van der Waals surface area contributed by atoms with E-state index in [1.807, 2.05) is 18.2 Å². The number of ether oxygens (including phenoxy) is 1. The van der Waals surface area contributed by atoms with E-state index in [0.717, 1.165) is 43.2 Å². The Balaban J connectivity index is 0.788. The molecule has 2 amide bonds. The Labute approximate surface area is 442 Å². The first-order chi connectivity index (χ1) is 37.2. The maximum absolute atomic E-state index is 13.7. The number of anilines is 1. The molecule has 5 aromatic carbocycles. The number of carbonyl (C=O) groups is 5. The van der Waals surface area contributed by atoms with Gasteiger partial charge in [0.05, 0.1) is 16.6 Å². The van der Waals surface area contributed by atoms with Crippen LogP contribution in [0, 0.1) is 0 Å². The quantitative estimate of drug-likeness (QED) is 0.0234. The van der Waals surface area contributed by atoms with Crippen LogP contribution >= 0.6 is 12.2 Å². The van der Waals surface area contributed by atoms with E-state index in [1.54, 1.807) is 72.9 Å². The number of aliphatic carboxylic acids is 2. The molecular weight excluding hydrogens is 1010 g/mol.